The van der Waals surface area contributed by atoms with E-state index < -0.39 is 0 Å². The maximum Gasteiger partial charge on any atom is 0.241 e. The van der Waals surface area contributed by atoms with Gasteiger partial charge in [0.05, 0.1) is 19.8 Å². The van der Waals surface area contributed by atoms with E-state index in [1.165, 1.54) is 9.75 Å². The average molecular weight is 372 g/mol. The zero-order valence-corrected chi connectivity index (χ0v) is 15.8. The van der Waals surface area contributed by atoms with E-state index in [0.29, 0.717) is 13.1 Å². The first kappa shape index (κ1) is 17.5. The van der Waals surface area contributed by atoms with Crippen LogP contribution in [-0.2, 0) is 16.1 Å². The number of methoxy groups -OCH3 is 1. The lowest BCUT2D eigenvalue weighted by atomic mass is 10.2. The first-order valence-electron chi connectivity index (χ1n) is 9.10. The highest BCUT2D eigenvalue weighted by Crippen LogP contribution is 2.34. The molecule has 0 N–H and O–H groups in total. The van der Waals surface area contributed by atoms with Crippen molar-refractivity contribution in [2.75, 3.05) is 38.3 Å². The molecule has 1 atom stereocenters. The molecule has 26 heavy (non-hydrogen) atoms. The Morgan fingerprint density at radius 3 is 2.96 bits per heavy atom. The van der Waals surface area contributed by atoms with E-state index in [1.807, 2.05) is 40.5 Å². The highest BCUT2D eigenvalue weighted by molar-refractivity contribution is 7.12. The van der Waals surface area contributed by atoms with Gasteiger partial charge in [-0.25, -0.2) is 0 Å². The van der Waals surface area contributed by atoms with Crippen LogP contribution >= 0.6 is 11.3 Å². The molecule has 0 radical (unpaired) electrons. The smallest absolute Gasteiger partial charge is 0.241 e. The Morgan fingerprint density at radius 1 is 1.27 bits per heavy atom. The molecule has 6 heteroatoms. The molecule has 2 aliphatic heterocycles. The lowest BCUT2D eigenvalue weighted by molar-refractivity contribution is -0.121. The van der Waals surface area contributed by atoms with Gasteiger partial charge < -0.3 is 14.4 Å². The highest BCUT2D eigenvalue weighted by atomic mass is 32.1. The van der Waals surface area contributed by atoms with Gasteiger partial charge in [-0.2, -0.15) is 0 Å². The van der Waals surface area contributed by atoms with Gasteiger partial charge >= 0.3 is 0 Å². The molecule has 138 valence electrons. The first-order valence-corrected chi connectivity index (χ1v) is 9.91. The van der Waals surface area contributed by atoms with Gasteiger partial charge in [-0.15, -0.1) is 11.3 Å². The fourth-order valence-electron chi connectivity index (χ4n) is 3.58. The van der Waals surface area contributed by atoms with Crippen LogP contribution in [0.25, 0.3) is 0 Å². The Morgan fingerprint density at radius 2 is 2.19 bits per heavy atom. The lowest BCUT2D eigenvalue weighted by Crippen LogP contribution is -2.50. The monoisotopic (exact) mass is 372 g/mol. The first-order chi connectivity index (χ1) is 12.7. The predicted octanol–water partition coefficient (Wildman–Crippen LogP) is 3.46. The summed E-state index contributed by atoms with van der Waals surface area (Å²) >= 11 is 1.82. The summed E-state index contributed by atoms with van der Waals surface area (Å²) in [6, 6.07) is 12.1. The van der Waals surface area contributed by atoms with Crippen LogP contribution in [0.5, 0.6) is 5.75 Å². The third-order valence-corrected chi connectivity index (χ3v) is 6.14. The Bertz CT molecular complexity index is 770. The third-order valence-electron chi connectivity index (χ3n) is 4.97. The summed E-state index contributed by atoms with van der Waals surface area (Å²) in [6.45, 7) is 3.73. The number of carbonyl (C=O) groups is 1. The van der Waals surface area contributed by atoms with Crippen LogP contribution in [0, 0.1) is 0 Å². The van der Waals surface area contributed by atoms with E-state index in [-0.39, 0.29) is 12.0 Å². The van der Waals surface area contributed by atoms with Gasteiger partial charge in [-0.05, 0) is 37.1 Å². The number of piperazine rings is 1. The van der Waals surface area contributed by atoms with Crippen molar-refractivity contribution < 1.29 is 14.3 Å². The van der Waals surface area contributed by atoms with Crippen LogP contribution in [0.3, 0.4) is 0 Å². The van der Waals surface area contributed by atoms with Crippen molar-refractivity contribution in [1.29, 1.82) is 0 Å². The van der Waals surface area contributed by atoms with E-state index in [9.17, 15) is 4.79 Å². The maximum atomic E-state index is 12.6. The summed E-state index contributed by atoms with van der Waals surface area (Å²) in [6.07, 6.45) is 2.55. The molecule has 5 nitrogen and oxygen atoms in total. The maximum absolute atomic E-state index is 12.6. The van der Waals surface area contributed by atoms with E-state index in [4.69, 9.17) is 9.47 Å². The number of nitrogens with zero attached hydrogens (tertiary/aromatic N) is 2. The van der Waals surface area contributed by atoms with Crippen LogP contribution in [0.4, 0.5) is 5.69 Å². The van der Waals surface area contributed by atoms with Gasteiger partial charge in [0.2, 0.25) is 5.91 Å². The normalized spacial score (nSPS) is 21.3. The van der Waals surface area contributed by atoms with Crippen molar-refractivity contribution in [2.45, 2.75) is 25.5 Å². The summed E-state index contributed by atoms with van der Waals surface area (Å²) in [5.74, 6) is 0.915. The molecule has 0 saturated carbocycles. The summed E-state index contributed by atoms with van der Waals surface area (Å²) < 4.78 is 11.0. The number of hydrogen-bond donors (Lipinski definition) is 0. The molecule has 1 amide bonds. The average Bonchev–Trinajstić information content (AvgIpc) is 3.33. The lowest BCUT2D eigenvalue weighted by Gasteiger charge is -2.34. The molecule has 1 unspecified atom stereocenters. The fraction of sp³-hybridized carbons (Fsp3) is 0.450. The zero-order valence-electron chi connectivity index (χ0n) is 15.0. The van der Waals surface area contributed by atoms with Crippen molar-refractivity contribution >= 4 is 22.9 Å². The van der Waals surface area contributed by atoms with Gasteiger partial charge in [0.25, 0.3) is 0 Å². The molecule has 2 aromatic rings. The number of thiophene rings is 1. The second-order valence-electron chi connectivity index (χ2n) is 6.76. The number of ether oxygens (including phenoxy) is 2. The largest absolute Gasteiger partial charge is 0.497 e. The molecule has 4 rings (SSSR count). The van der Waals surface area contributed by atoms with Crippen molar-refractivity contribution in [3.63, 3.8) is 0 Å². The van der Waals surface area contributed by atoms with Gasteiger partial charge in [-0.3, -0.25) is 9.69 Å². The molecule has 0 bridgehead atoms. The number of hydrogen-bond acceptors (Lipinski definition) is 5. The molecule has 0 aliphatic carbocycles. The van der Waals surface area contributed by atoms with E-state index in [0.717, 1.165) is 44.0 Å². The molecule has 2 saturated heterocycles. The number of anilines is 1. The summed E-state index contributed by atoms with van der Waals surface area (Å²) in [5, 5.41) is 0. The quantitative estimate of drug-likeness (QED) is 0.806. The van der Waals surface area contributed by atoms with Crippen LogP contribution in [0.2, 0.25) is 0 Å². The second kappa shape index (κ2) is 7.78. The Labute approximate surface area is 158 Å². The minimum Gasteiger partial charge on any atom is -0.497 e. The Kier molecular flexibility index (Phi) is 5.24. The zero-order chi connectivity index (χ0) is 17.9. The van der Waals surface area contributed by atoms with Crippen LogP contribution < -0.4 is 9.64 Å². The van der Waals surface area contributed by atoms with Gasteiger partial charge in [0.15, 0.2) is 0 Å². The minimum absolute atomic E-state index is 0.139. The standard InChI is InChI=1S/C20H24N2O3S/c1-24-16-5-2-4-15(12-16)22-10-9-21(14-20(22)23)13-17-7-8-19(26-17)18-6-3-11-25-18/h2,4-5,7-8,12,18H,3,6,9-11,13-14H2,1H3. The predicted molar refractivity (Wildman–Crippen MR) is 103 cm³/mol. The molecular weight excluding hydrogens is 348 g/mol. The van der Waals surface area contributed by atoms with E-state index >= 15 is 0 Å². The second-order valence-corrected chi connectivity index (χ2v) is 7.96. The van der Waals surface area contributed by atoms with Crippen molar-refractivity contribution in [1.82, 2.24) is 4.90 Å². The van der Waals surface area contributed by atoms with Crippen molar-refractivity contribution in [3.8, 4) is 5.75 Å². The van der Waals surface area contributed by atoms with E-state index in [2.05, 4.69) is 17.0 Å². The van der Waals surface area contributed by atoms with Crippen molar-refractivity contribution in [3.05, 3.63) is 46.2 Å². The van der Waals surface area contributed by atoms with Crippen molar-refractivity contribution in [2.24, 2.45) is 0 Å². The SMILES string of the molecule is COc1cccc(N2CCN(Cc3ccc(C4CCCO4)s3)CC2=O)c1. The number of rotatable bonds is 5. The molecule has 1 aromatic heterocycles. The molecule has 2 fully saturated rings. The molecule has 2 aliphatic rings. The van der Waals surface area contributed by atoms with Gasteiger partial charge in [0, 0.05) is 47.7 Å². The third kappa shape index (κ3) is 3.77. The minimum atomic E-state index is 0.139. The number of benzene rings is 1. The molecular formula is C20H24N2O3S. The van der Waals surface area contributed by atoms with Gasteiger partial charge in [-0.1, -0.05) is 6.07 Å². The van der Waals surface area contributed by atoms with Gasteiger partial charge in [0.1, 0.15) is 5.75 Å². The van der Waals surface area contributed by atoms with E-state index in [1.54, 1.807) is 7.11 Å². The highest BCUT2D eigenvalue weighted by Gasteiger charge is 2.26. The molecule has 0 spiro atoms. The van der Waals surface area contributed by atoms with Crippen LogP contribution in [0.15, 0.2) is 36.4 Å². The summed E-state index contributed by atoms with van der Waals surface area (Å²) in [4.78, 5) is 19.3. The Hall–Kier alpha value is -1.89. The number of carbonyl (C=O) groups excluding carboxylic acids is 1. The Balaban J connectivity index is 1.37. The van der Waals surface area contributed by atoms with Crippen LogP contribution in [0.1, 0.15) is 28.7 Å². The summed E-state index contributed by atoms with van der Waals surface area (Å²) in [7, 11) is 1.64. The number of amides is 1. The summed E-state index contributed by atoms with van der Waals surface area (Å²) in [5.41, 5.74) is 0.908. The topological polar surface area (TPSA) is 42.0 Å². The molecule has 1 aromatic carbocycles. The van der Waals surface area contributed by atoms with Crippen LogP contribution in [-0.4, -0.2) is 44.2 Å². The molecule has 3 heterocycles. The fourth-order valence-corrected chi connectivity index (χ4v) is 4.72.